The molecule has 0 aliphatic rings. The maximum atomic E-state index is 10.7. The number of tetrazole rings is 1. The zero-order valence-corrected chi connectivity index (χ0v) is 16.3. The third-order valence-corrected chi connectivity index (χ3v) is 5.62. The number of hydrogen-bond acceptors (Lipinski definition) is 5. The second kappa shape index (κ2) is 7.70. The summed E-state index contributed by atoms with van der Waals surface area (Å²) in [4.78, 5) is 0. The van der Waals surface area contributed by atoms with Crippen molar-refractivity contribution in [2.45, 2.75) is 38.2 Å². The van der Waals surface area contributed by atoms with Crippen molar-refractivity contribution in [1.82, 2.24) is 24.8 Å². The van der Waals surface area contributed by atoms with Gasteiger partial charge in [-0.05, 0) is 28.5 Å². The Labute approximate surface area is 162 Å². The van der Waals surface area contributed by atoms with Crippen molar-refractivity contribution in [3.63, 3.8) is 0 Å². The highest BCUT2D eigenvalue weighted by Gasteiger charge is 2.15. The van der Waals surface area contributed by atoms with Gasteiger partial charge in [-0.1, -0.05) is 62.0 Å². The second-order valence-electron chi connectivity index (χ2n) is 7.15. The van der Waals surface area contributed by atoms with Crippen LogP contribution in [0.4, 0.5) is 0 Å². The zero-order valence-electron chi connectivity index (χ0n) is 15.5. The van der Waals surface area contributed by atoms with Crippen LogP contribution >= 0.6 is 11.8 Å². The van der Waals surface area contributed by atoms with Gasteiger partial charge in [-0.15, -0.1) is 5.10 Å². The van der Waals surface area contributed by atoms with Crippen LogP contribution in [0.15, 0.2) is 53.7 Å². The lowest BCUT2D eigenvalue weighted by atomic mass is 10.2. The summed E-state index contributed by atoms with van der Waals surface area (Å²) in [6.45, 7) is 5.57. The van der Waals surface area contributed by atoms with E-state index in [9.17, 15) is 5.11 Å². The van der Waals surface area contributed by atoms with Crippen molar-refractivity contribution in [3.05, 3.63) is 48.5 Å². The average molecular weight is 382 g/mol. The van der Waals surface area contributed by atoms with E-state index in [-0.39, 0.29) is 0 Å². The number of nitrogens with zero attached hydrogens (tertiary/aromatic N) is 5. The Balaban J connectivity index is 1.53. The molecule has 1 unspecified atom stereocenters. The molecular weight excluding hydrogens is 358 g/mol. The van der Waals surface area contributed by atoms with Crippen molar-refractivity contribution in [2.75, 3.05) is 5.75 Å². The molecule has 0 saturated carbocycles. The highest BCUT2D eigenvalue weighted by atomic mass is 32.2. The molecule has 2 heterocycles. The molecule has 6 nitrogen and oxygen atoms in total. The third kappa shape index (κ3) is 3.70. The molecule has 4 rings (SSSR count). The lowest BCUT2D eigenvalue weighted by Crippen LogP contribution is -2.19. The summed E-state index contributed by atoms with van der Waals surface area (Å²) in [5, 5.41) is 25.8. The summed E-state index contributed by atoms with van der Waals surface area (Å²) in [5.41, 5.74) is 2.29. The fraction of sp³-hybridized carbons (Fsp3) is 0.350. The van der Waals surface area contributed by atoms with Crippen LogP contribution in [0.1, 0.15) is 13.8 Å². The third-order valence-electron chi connectivity index (χ3n) is 4.52. The highest BCUT2D eigenvalue weighted by molar-refractivity contribution is 7.99. The Hall–Kier alpha value is -2.38. The molecule has 0 aliphatic heterocycles. The van der Waals surface area contributed by atoms with Gasteiger partial charge in [-0.2, -0.15) is 0 Å². The first-order valence-electron chi connectivity index (χ1n) is 9.16. The maximum absolute atomic E-state index is 10.7. The van der Waals surface area contributed by atoms with Gasteiger partial charge in [-0.3, -0.25) is 0 Å². The van der Waals surface area contributed by atoms with Crippen molar-refractivity contribution in [2.24, 2.45) is 5.92 Å². The number of benzene rings is 2. The molecule has 0 fully saturated rings. The van der Waals surface area contributed by atoms with Crippen LogP contribution in [0, 0.1) is 5.92 Å². The van der Waals surface area contributed by atoms with Crippen LogP contribution in [0.5, 0.6) is 0 Å². The fourth-order valence-corrected chi connectivity index (χ4v) is 4.20. The SMILES string of the molecule is CC(C)Cn1nnnc1SCC(O)Cn1c2ccccc2c2ccccc21. The molecule has 140 valence electrons. The molecule has 4 aromatic rings. The second-order valence-corrected chi connectivity index (χ2v) is 8.13. The Bertz CT molecular complexity index is 1000. The van der Waals surface area contributed by atoms with Gasteiger partial charge in [0.25, 0.3) is 0 Å². The van der Waals surface area contributed by atoms with E-state index in [0.717, 1.165) is 22.7 Å². The van der Waals surface area contributed by atoms with Crippen LogP contribution in [0.25, 0.3) is 21.8 Å². The summed E-state index contributed by atoms with van der Waals surface area (Å²) >= 11 is 1.50. The average Bonchev–Trinajstić information content (AvgIpc) is 3.23. The topological polar surface area (TPSA) is 68.8 Å². The molecule has 0 bridgehead atoms. The van der Waals surface area contributed by atoms with E-state index in [0.29, 0.717) is 18.2 Å². The number of para-hydroxylation sites is 2. The minimum Gasteiger partial charge on any atom is -0.390 e. The van der Waals surface area contributed by atoms with Crippen LogP contribution in [0.2, 0.25) is 0 Å². The lowest BCUT2D eigenvalue weighted by molar-refractivity contribution is 0.181. The van der Waals surface area contributed by atoms with Crippen LogP contribution in [0.3, 0.4) is 0 Å². The van der Waals surface area contributed by atoms with E-state index < -0.39 is 6.10 Å². The Morgan fingerprint density at radius 3 is 2.22 bits per heavy atom. The number of fused-ring (bicyclic) bond motifs is 3. The molecule has 1 atom stereocenters. The molecule has 0 saturated heterocycles. The summed E-state index contributed by atoms with van der Waals surface area (Å²) in [6.07, 6.45) is -0.501. The van der Waals surface area contributed by atoms with Crippen molar-refractivity contribution >= 4 is 33.6 Å². The van der Waals surface area contributed by atoms with E-state index in [1.165, 1.54) is 22.5 Å². The smallest absolute Gasteiger partial charge is 0.209 e. The van der Waals surface area contributed by atoms with Gasteiger partial charge in [0.15, 0.2) is 0 Å². The highest BCUT2D eigenvalue weighted by Crippen LogP contribution is 2.29. The zero-order chi connectivity index (χ0) is 18.8. The molecular formula is C20H23N5OS. The standard InChI is InChI=1S/C20H23N5OS/c1-14(2)11-25-20(21-22-23-25)27-13-15(26)12-24-18-9-5-3-7-16(18)17-8-4-6-10-19(17)24/h3-10,14-15,26H,11-13H2,1-2H3. The number of hydrogen-bond donors (Lipinski definition) is 1. The first-order valence-corrected chi connectivity index (χ1v) is 10.1. The first kappa shape index (κ1) is 18.0. The van der Waals surface area contributed by atoms with Gasteiger partial charge in [-0.25, -0.2) is 4.68 Å². The van der Waals surface area contributed by atoms with E-state index in [1.807, 2.05) is 16.8 Å². The Morgan fingerprint density at radius 2 is 1.59 bits per heavy atom. The number of rotatable bonds is 7. The molecule has 1 N–H and O–H groups in total. The van der Waals surface area contributed by atoms with Gasteiger partial charge in [0.2, 0.25) is 5.16 Å². The monoisotopic (exact) mass is 381 g/mol. The number of aliphatic hydroxyl groups excluding tert-OH is 1. The van der Waals surface area contributed by atoms with Crippen LogP contribution in [-0.4, -0.2) is 41.7 Å². The quantitative estimate of drug-likeness (QED) is 0.496. The predicted octanol–water partition coefficient (Wildman–Crippen LogP) is 3.59. The summed E-state index contributed by atoms with van der Waals surface area (Å²) < 4.78 is 4.01. The van der Waals surface area contributed by atoms with Crippen molar-refractivity contribution in [1.29, 1.82) is 0 Å². The van der Waals surface area contributed by atoms with E-state index in [1.54, 1.807) is 0 Å². The molecule has 0 spiro atoms. The predicted molar refractivity (Wildman–Crippen MR) is 109 cm³/mol. The van der Waals surface area contributed by atoms with Gasteiger partial charge in [0.1, 0.15) is 0 Å². The van der Waals surface area contributed by atoms with Gasteiger partial charge in [0, 0.05) is 34.1 Å². The van der Waals surface area contributed by atoms with Gasteiger partial charge in [0.05, 0.1) is 12.6 Å². The number of aliphatic hydroxyl groups is 1. The fourth-order valence-electron chi connectivity index (χ4n) is 3.39. The molecule has 0 amide bonds. The number of thioether (sulfide) groups is 1. The van der Waals surface area contributed by atoms with E-state index in [2.05, 4.69) is 70.3 Å². The summed E-state index contributed by atoms with van der Waals surface area (Å²) in [5.74, 6) is 1.01. The molecule has 0 aliphatic carbocycles. The Morgan fingerprint density at radius 1 is 0.963 bits per heavy atom. The molecule has 27 heavy (non-hydrogen) atoms. The maximum Gasteiger partial charge on any atom is 0.209 e. The number of aromatic nitrogens is 5. The van der Waals surface area contributed by atoms with Crippen LogP contribution in [-0.2, 0) is 13.1 Å². The van der Waals surface area contributed by atoms with E-state index in [4.69, 9.17) is 0 Å². The Kier molecular flexibility index (Phi) is 5.13. The van der Waals surface area contributed by atoms with E-state index >= 15 is 0 Å². The molecule has 2 aromatic heterocycles. The molecule has 0 radical (unpaired) electrons. The van der Waals surface area contributed by atoms with Crippen LogP contribution < -0.4 is 0 Å². The normalized spacial score (nSPS) is 13.0. The summed E-state index contributed by atoms with van der Waals surface area (Å²) in [7, 11) is 0. The largest absolute Gasteiger partial charge is 0.390 e. The summed E-state index contributed by atoms with van der Waals surface area (Å²) in [6, 6.07) is 16.7. The minimum absolute atomic E-state index is 0.468. The van der Waals surface area contributed by atoms with Gasteiger partial charge >= 0.3 is 0 Å². The molecule has 7 heteroatoms. The lowest BCUT2D eigenvalue weighted by Gasteiger charge is -2.14. The molecule has 2 aromatic carbocycles. The van der Waals surface area contributed by atoms with Crippen molar-refractivity contribution in [3.8, 4) is 0 Å². The minimum atomic E-state index is -0.501. The first-order chi connectivity index (χ1) is 13.1. The van der Waals surface area contributed by atoms with Gasteiger partial charge < -0.3 is 9.67 Å². The van der Waals surface area contributed by atoms with Crippen molar-refractivity contribution < 1.29 is 5.11 Å².